The van der Waals surface area contributed by atoms with Crippen LogP contribution in [0.25, 0.3) is 0 Å². The topological polar surface area (TPSA) is 41.5 Å². The van der Waals surface area contributed by atoms with Gasteiger partial charge in [0.05, 0.1) is 0 Å². The lowest BCUT2D eigenvalue weighted by Gasteiger charge is -2.28. The summed E-state index contributed by atoms with van der Waals surface area (Å²) < 4.78 is 18.2. The molecule has 1 aliphatic carbocycles. The number of benzene rings is 1. The van der Waals surface area contributed by atoms with Crippen molar-refractivity contribution in [1.82, 2.24) is 5.32 Å². The van der Waals surface area contributed by atoms with E-state index in [0.29, 0.717) is 18.3 Å². The Labute approximate surface area is 120 Å². The van der Waals surface area contributed by atoms with E-state index in [0.717, 1.165) is 5.92 Å². The molecule has 0 heterocycles. The summed E-state index contributed by atoms with van der Waals surface area (Å²) in [6, 6.07) is 6.35. The van der Waals surface area contributed by atoms with Crippen LogP contribution in [0.4, 0.5) is 4.39 Å². The normalized spacial score (nSPS) is 24.4. The fourth-order valence-electron chi connectivity index (χ4n) is 2.70. The molecule has 0 spiro atoms. The van der Waals surface area contributed by atoms with Gasteiger partial charge in [0.2, 0.25) is 0 Å². The number of aliphatic hydroxyl groups is 1. The minimum absolute atomic E-state index is 0.223. The third kappa shape index (κ3) is 5.10. The average molecular weight is 281 g/mol. The zero-order chi connectivity index (χ0) is 14.4. The molecule has 0 saturated heterocycles. The first-order valence-corrected chi connectivity index (χ1v) is 7.43. The third-order valence-corrected chi connectivity index (χ3v) is 3.83. The Morgan fingerprint density at radius 1 is 1.35 bits per heavy atom. The van der Waals surface area contributed by atoms with Gasteiger partial charge in [0.15, 0.2) is 0 Å². The first kappa shape index (κ1) is 15.3. The number of halogens is 1. The Hall–Kier alpha value is -1.13. The highest BCUT2D eigenvalue weighted by molar-refractivity contribution is 5.22. The summed E-state index contributed by atoms with van der Waals surface area (Å²) in [4.78, 5) is 0. The lowest BCUT2D eigenvalue weighted by atomic mass is 9.87. The van der Waals surface area contributed by atoms with Crippen molar-refractivity contribution in [2.45, 2.75) is 44.8 Å². The van der Waals surface area contributed by atoms with Crippen molar-refractivity contribution in [3.63, 3.8) is 0 Å². The van der Waals surface area contributed by atoms with Crippen LogP contribution in [0.1, 0.15) is 32.6 Å². The second-order valence-corrected chi connectivity index (χ2v) is 5.80. The van der Waals surface area contributed by atoms with Crippen molar-refractivity contribution in [3.8, 4) is 5.75 Å². The van der Waals surface area contributed by atoms with Crippen molar-refractivity contribution in [2.24, 2.45) is 5.92 Å². The van der Waals surface area contributed by atoms with Gasteiger partial charge in [-0.3, -0.25) is 0 Å². The maximum absolute atomic E-state index is 12.7. The van der Waals surface area contributed by atoms with E-state index in [4.69, 9.17) is 4.74 Å². The van der Waals surface area contributed by atoms with E-state index in [1.807, 2.05) is 0 Å². The van der Waals surface area contributed by atoms with Crippen LogP contribution in [0.15, 0.2) is 24.3 Å². The zero-order valence-corrected chi connectivity index (χ0v) is 12.0. The Kier molecular flexibility index (Phi) is 5.80. The highest BCUT2D eigenvalue weighted by Gasteiger charge is 2.19. The van der Waals surface area contributed by atoms with Crippen molar-refractivity contribution < 1.29 is 14.2 Å². The molecule has 1 saturated carbocycles. The third-order valence-electron chi connectivity index (χ3n) is 3.83. The lowest BCUT2D eigenvalue weighted by molar-refractivity contribution is 0.100. The average Bonchev–Trinajstić information content (AvgIpc) is 2.45. The van der Waals surface area contributed by atoms with Gasteiger partial charge in [0.1, 0.15) is 24.3 Å². The van der Waals surface area contributed by atoms with Gasteiger partial charge in [-0.05, 0) is 43.0 Å². The van der Waals surface area contributed by atoms with Crippen molar-refractivity contribution >= 4 is 0 Å². The van der Waals surface area contributed by atoms with Gasteiger partial charge in [0.25, 0.3) is 0 Å². The molecule has 0 aliphatic heterocycles. The minimum Gasteiger partial charge on any atom is -0.491 e. The lowest BCUT2D eigenvalue weighted by Crippen LogP contribution is -2.40. The Morgan fingerprint density at radius 3 is 2.80 bits per heavy atom. The first-order chi connectivity index (χ1) is 9.63. The largest absolute Gasteiger partial charge is 0.491 e. The molecule has 20 heavy (non-hydrogen) atoms. The van der Waals surface area contributed by atoms with Crippen LogP contribution in [0.2, 0.25) is 0 Å². The molecule has 0 aromatic heterocycles. The molecule has 1 aromatic carbocycles. The highest BCUT2D eigenvalue weighted by atomic mass is 19.1. The minimum atomic E-state index is -0.544. The molecule has 2 rings (SSSR count). The van der Waals surface area contributed by atoms with Crippen LogP contribution in [0, 0.1) is 11.7 Å². The molecule has 112 valence electrons. The molecule has 0 amide bonds. The van der Waals surface area contributed by atoms with E-state index in [-0.39, 0.29) is 12.4 Å². The van der Waals surface area contributed by atoms with Crippen LogP contribution >= 0.6 is 0 Å². The van der Waals surface area contributed by atoms with Crippen molar-refractivity contribution in [1.29, 1.82) is 0 Å². The number of rotatable bonds is 6. The number of hydrogen-bond acceptors (Lipinski definition) is 3. The highest BCUT2D eigenvalue weighted by Crippen LogP contribution is 2.23. The number of ether oxygens (including phenoxy) is 1. The maximum atomic E-state index is 12.7. The van der Waals surface area contributed by atoms with Crippen LogP contribution in [-0.2, 0) is 0 Å². The fourth-order valence-corrected chi connectivity index (χ4v) is 2.70. The van der Waals surface area contributed by atoms with Gasteiger partial charge in [0, 0.05) is 12.6 Å². The van der Waals surface area contributed by atoms with Crippen LogP contribution in [-0.4, -0.2) is 30.4 Å². The standard InChI is InChI=1S/C16H24FNO2/c1-12-3-2-4-14(9-12)18-10-15(19)11-20-16-7-5-13(17)6-8-16/h5-8,12,14-15,18-19H,2-4,9-11H2,1H3. The van der Waals surface area contributed by atoms with E-state index in [9.17, 15) is 9.50 Å². The second-order valence-electron chi connectivity index (χ2n) is 5.80. The van der Waals surface area contributed by atoms with Gasteiger partial charge in [-0.25, -0.2) is 4.39 Å². The predicted molar refractivity (Wildman–Crippen MR) is 77.3 cm³/mol. The van der Waals surface area contributed by atoms with Crippen LogP contribution < -0.4 is 10.1 Å². The van der Waals surface area contributed by atoms with Crippen LogP contribution in [0.3, 0.4) is 0 Å². The summed E-state index contributed by atoms with van der Waals surface area (Å²) in [5, 5.41) is 13.3. The van der Waals surface area contributed by atoms with Crippen molar-refractivity contribution in [2.75, 3.05) is 13.2 Å². The quantitative estimate of drug-likeness (QED) is 0.842. The number of hydrogen-bond donors (Lipinski definition) is 2. The molecule has 0 radical (unpaired) electrons. The molecule has 3 nitrogen and oxygen atoms in total. The Bertz CT molecular complexity index is 396. The first-order valence-electron chi connectivity index (χ1n) is 7.43. The van der Waals surface area contributed by atoms with Crippen LogP contribution in [0.5, 0.6) is 5.75 Å². The molecule has 2 N–H and O–H groups in total. The predicted octanol–water partition coefficient (Wildman–Crippen LogP) is 2.73. The van der Waals surface area contributed by atoms with Gasteiger partial charge < -0.3 is 15.2 Å². The smallest absolute Gasteiger partial charge is 0.123 e. The van der Waals surface area contributed by atoms with Gasteiger partial charge >= 0.3 is 0 Å². The summed E-state index contributed by atoms with van der Waals surface area (Å²) in [6.45, 7) is 3.04. The Morgan fingerprint density at radius 2 is 2.10 bits per heavy atom. The number of nitrogens with one attached hydrogen (secondary N) is 1. The summed E-state index contributed by atoms with van der Waals surface area (Å²) in [5.41, 5.74) is 0. The summed E-state index contributed by atoms with van der Waals surface area (Å²) in [5.74, 6) is 1.07. The van der Waals surface area contributed by atoms with E-state index in [2.05, 4.69) is 12.2 Å². The summed E-state index contributed by atoms with van der Waals surface area (Å²) >= 11 is 0. The molecule has 1 fully saturated rings. The molecular weight excluding hydrogens is 257 g/mol. The van der Waals surface area contributed by atoms with Gasteiger partial charge in [-0.15, -0.1) is 0 Å². The molecule has 4 heteroatoms. The fraction of sp³-hybridized carbons (Fsp3) is 0.625. The van der Waals surface area contributed by atoms with E-state index in [1.54, 1.807) is 12.1 Å². The molecule has 1 aliphatic rings. The van der Waals surface area contributed by atoms with E-state index in [1.165, 1.54) is 37.8 Å². The van der Waals surface area contributed by atoms with Gasteiger partial charge in [-0.2, -0.15) is 0 Å². The van der Waals surface area contributed by atoms with E-state index >= 15 is 0 Å². The molecule has 1 aromatic rings. The van der Waals surface area contributed by atoms with Crippen molar-refractivity contribution in [3.05, 3.63) is 30.1 Å². The molecule has 3 unspecified atom stereocenters. The molecule has 3 atom stereocenters. The SMILES string of the molecule is CC1CCCC(NCC(O)COc2ccc(F)cc2)C1. The van der Waals surface area contributed by atoms with Gasteiger partial charge in [-0.1, -0.05) is 19.8 Å². The summed E-state index contributed by atoms with van der Waals surface area (Å²) in [6.07, 6.45) is 4.41. The van der Waals surface area contributed by atoms with E-state index < -0.39 is 6.10 Å². The number of aliphatic hydroxyl groups excluding tert-OH is 1. The Balaban J connectivity index is 1.65. The molecular formula is C16H24FNO2. The zero-order valence-electron chi connectivity index (χ0n) is 12.0. The molecule has 0 bridgehead atoms. The monoisotopic (exact) mass is 281 g/mol. The maximum Gasteiger partial charge on any atom is 0.123 e. The second kappa shape index (κ2) is 7.60. The summed E-state index contributed by atoms with van der Waals surface area (Å²) in [7, 11) is 0.